The van der Waals surface area contributed by atoms with Gasteiger partial charge in [0.25, 0.3) is 5.91 Å². The Morgan fingerprint density at radius 1 is 1.19 bits per heavy atom. The summed E-state index contributed by atoms with van der Waals surface area (Å²) in [5, 5.41) is 21.6. The quantitative estimate of drug-likeness (QED) is 0.337. The molecule has 0 aliphatic carbocycles. The van der Waals surface area contributed by atoms with Crippen molar-refractivity contribution in [3.8, 4) is 5.75 Å². The molecular weight excluding hydrogens is 506 g/mol. The monoisotopic (exact) mass is 513 g/mol. The molecule has 0 radical (unpaired) electrons. The number of halogens is 3. The second-order valence-corrected chi connectivity index (χ2v) is 8.27. The number of hydrogen-bond acceptors (Lipinski definition) is 5. The van der Waals surface area contributed by atoms with Crippen LogP contribution in [0.15, 0.2) is 60.5 Å². The number of thioether (sulfide) groups is 1. The fourth-order valence-electron chi connectivity index (χ4n) is 2.04. The Hall–Kier alpha value is -1.61. The van der Waals surface area contributed by atoms with Gasteiger partial charge in [0.15, 0.2) is 5.17 Å². The van der Waals surface area contributed by atoms with Gasteiger partial charge >= 0.3 is 0 Å². The Labute approximate surface area is 175 Å². The van der Waals surface area contributed by atoms with Crippen molar-refractivity contribution in [3.63, 3.8) is 0 Å². The largest absolute Gasteiger partial charge is 0.506 e. The van der Waals surface area contributed by atoms with Crippen LogP contribution in [0.4, 0.5) is 0 Å². The number of hydrogen-bond donors (Lipinski definition) is 2. The standard InChI is InChI=1S/C17H10Br2ClN3O2S/c18-11-5-10(15(24)12(19)7-11)6-14-16(25)22-17(26-14)23-21-8-9-3-1-2-4-13(9)20/h1-8,24H,(H,22,23,25)/b14-6-,21-8?. The molecule has 1 saturated heterocycles. The maximum Gasteiger partial charge on any atom is 0.264 e. The maximum absolute atomic E-state index is 12.1. The van der Waals surface area contributed by atoms with Crippen LogP contribution in [0.25, 0.3) is 6.08 Å². The van der Waals surface area contributed by atoms with E-state index in [1.54, 1.807) is 24.3 Å². The molecule has 0 saturated carbocycles. The third kappa shape index (κ3) is 4.56. The van der Waals surface area contributed by atoms with E-state index in [-0.39, 0.29) is 11.7 Å². The number of rotatable bonds is 3. The van der Waals surface area contributed by atoms with Gasteiger partial charge in [0.2, 0.25) is 0 Å². The van der Waals surface area contributed by atoms with Gasteiger partial charge in [-0.2, -0.15) is 5.10 Å². The lowest BCUT2D eigenvalue weighted by Gasteiger charge is -2.03. The van der Waals surface area contributed by atoms with Crippen LogP contribution in [0, 0.1) is 0 Å². The zero-order valence-electron chi connectivity index (χ0n) is 12.9. The molecule has 1 fully saturated rings. The number of benzene rings is 2. The second-order valence-electron chi connectivity index (χ2n) is 5.06. The Balaban J connectivity index is 1.80. The SMILES string of the molecule is O=C1NC(=NN=Cc2ccccc2Cl)S/C1=C\c1cc(Br)cc(Br)c1O. The van der Waals surface area contributed by atoms with E-state index in [9.17, 15) is 9.90 Å². The van der Waals surface area contributed by atoms with Crippen LogP contribution in [0.2, 0.25) is 5.02 Å². The summed E-state index contributed by atoms with van der Waals surface area (Å²) in [6, 6.07) is 10.7. The summed E-state index contributed by atoms with van der Waals surface area (Å²) in [5.41, 5.74) is 1.23. The molecule has 1 amide bonds. The number of amides is 1. The summed E-state index contributed by atoms with van der Waals surface area (Å²) in [7, 11) is 0. The van der Waals surface area contributed by atoms with Crippen LogP contribution in [0.5, 0.6) is 5.75 Å². The molecule has 5 nitrogen and oxygen atoms in total. The minimum atomic E-state index is -0.308. The summed E-state index contributed by atoms with van der Waals surface area (Å²) in [6.45, 7) is 0. The van der Waals surface area contributed by atoms with Gasteiger partial charge in [-0.05, 0) is 52.0 Å². The molecular formula is C17H10Br2ClN3O2S. The van der Waals surface area contributed by atoms with Crippen molar-refractivity contribution in [3.05, 3.63) is 66.4 Å². The average molecular weight is 516 g/mol. The van der Waals surface area contributed by atoms with Gasteiger partial charge in [-0.25, -0.2) is 0 Å². The summed E-state index contributed by atoms with van der Waals surface area (Å²) in [5.74, 6) is -0.256. The molecule has 0 spiro atoms. The molecule has 2 N–H and O–H groups in total. The van der Waals surface area contributed by atoms with Crippen molar-refractivity contribution in [2.45, 2.75) is 0 Å². The first-order valence-corrected chi connectivity index (χ1v) is 9.96. The lowest BCUT2D eigenvalue weighted by atomic mass is 10.2. The van der Waals surface area contributed by atoms with Crippen molar-refractivity contribution < 1.29 is 9.90 Å². The highest BCUT2D eigenvalue weighted by Crippen LogP contribution is 2.35. The maximum atomic E-state index is 12.1. The normalized spacial score (nSPS) is 17.4. The summed E-state index contributed by atoms with van der Waals surface area (Å²) in [6.07, 6.45) is 3.10. The van der Waals surface area contributed by atoms with E-state index in [4.69, 9.17) is 11.6 Å². The number of aromatic hydroxyl groups is 1. The first-order valence-electron chi connectivity index (χ1n) is 7.18. The molecule has 1 aliphatic heterocycles. The number of phenolic OH excluding ortho intramolecular Hbond substituents is 1. The predicted octanol–water partition coefficient (Wildman–Crippen LogP) is 5.16. The third-order valence-corrected chi connectivity index (χ3v) is 5.55. The fraction of sp³-hybridized carbons (Fsp3) is 0. The van der Waals surface area contributed by atoms with E-state index >= 15 is 0 Å². The molecule has 1 aliphatic rings. The highest BCUT2D eigenvalue weighted by atomic mass is 79.9. The van der Waals surface area contributed by atoms with Crippen LogP contribution >= 0.6 is 55.2 Å². The topological polar surface area (TPSA) is 74.0 Å². The lowest BCUT2D eigenvalue weighted by Crippen LogP contribution is -2.19. The molecule has 0 unspecified atom stereocenters. The first-order chi connectivity index (χ1) is 12.4. The van der Waals surface area contributed by atoms with E-state index in [2.05, 4.69) is 47.4 Å². The van der Waals surface area contributed by atoms with Gasteiger partial charge in [-0.15, -0.1) is 5.10 Å². The van der Waals surface area contributed by atoms with E-state index in [1.165, 1.54) is 6.21 Å². The van der Waals surface area contributed by atoms with Crippen LogP contribution < -0.4 is 5.32 Å². The van der Waals surface area contributed by atoms with Gasteiger partial charge in [0.05, 0.1) is 15.6 Å². The minimum Gasteiger partial charge on any atom is -0.506 e. The number of nitrogens with zero attached hydrogens (tertiary/aromatic N) is 2. The van der Waals surface area contributed by atoms with E-state index in [1.807, 2.05) is 18.2 Å². The molecule has 2 aromatic rings. The Morgan fingerprint density at radius 2 is 1.96 bits per heavy atom. The number of phenols is 1. The molecule has 132 valence electrons. The molecule has 2 aromatic carbocycles. The highest BCUT2D eigenvalue weighted by Gasteiger charge is 2.24. The van der Waals surface area contributed by atoms with Gasteiger partial charge in [0, 0.05) is 20.6 Å². The summed E-state index contributed by atoms with van der Waals surface area (Å²) in [4.78, 5) is 12.5. The van der Waals surface area contributed by atoms with Crippen molar-refractivity contribution in [2.24, 2.45) is 10.2 Å². The van der Waals surface area contributed by atoms with Crippen LogP contribution in [-0.4, -0.2) is 22.4 Å². The van der Waals surface area contributed by atoms with Crippen molar-refractivity contribution in [2.75, 3.05) is 0 Å². The minimum absolute atomic E-state index is 0.0521. The number of nitrogens with one attached hydrogen (secondary N) is 1. The fourth-order valence-corrected chi connectivity index (χ4v) is 4.25. The smallest absolute Gasteiger partial charge is 0.264 e. The van der Waals surface area contributed by atoms with Crippen molar-refractivity contribution in [1.82, 2.24) is 5.32 Å². The molecule has 0 atom stereocenters. The zero-order valence-corrected chi connectivity index (χ0v) is 17.7. The molecule has 1 heterocycles. The first kappa shape index (κ1) is 19.2. The number of carbonyl (C=O) groups excluding carboxylic acids is 1. The van der Waals surface area contributed by atoms with E-state index in [0.29, 0.717) is 25.1 Å². The molecule has 0 aromatic heterocycles. The van der Waals surface area contributed by atoms with E-state index < -0.39 is 0 Å². The molecule has 26 heavy (non-hydrogen) atoms. The van der Waals surface area contributed by atoms with Crippen LogP contribution in [-0.2, 0) is 4.79 Å². The lowest BCUT2D eigenvalue weighted by molar-refractivity contribution is -0.115. The molecule has 3 rings (SSSR count). The summed E-state index contributed by atoms with van der Waals surface area (Å²) >= 11 is 13.8. The average Bonchev–Trinajstić information content (AvgIpc) is 2.93. The summed E-state index contributed by atoms with van der Waals surface area (Å²) < 4.78 is 1.30. The molecule has 9 heteroatoms. The van der Waals surface area contributed by atoms with Gasteiger partial charge in [-0.3, -0.25) is 10.1 Å². The van der Waals surface area contributed by atoms with Crippen LogP contribution in [0.1, 0.15) is 11.1 Å². The zero-order chi connectivity index (χ0) is 18.7. The van der Waals surface area contributed by atoms with E-state index in [0.717, 1.165) is 21.8 Å². The Morgan fingerprint density at radius 3 is 2.73 bits per heavy atom. The molecule has 0 bridgehead atoms. The van der Waals surface area contributed by atoms with Gasteiger partial charge in [0.1, 0.15) is 5.75 Å². The van der Waals surface area contributed by atoms with Crippen molar-refractivity contribution >= 4 is 78.6 Å². The third-order valence-electron chi connectivity index (χ3n) is 3.25. The predicted molar refractivity (Wildman–Crippen MR) is 114 cm³/mol. The van der Waals surface area contributed by atoms with Gasteiger partial charge < -0.3 is 5.11 Å². The number of carbonyl (C=O) groups is 1. The highest BCUT2D eigenvalue weighted by molar-refractivity contribution is 9.11. The Kier molecular flexibility index (Phi) is 6.18. The van der Waals surface area contributed by atoms with Crippen molar-refractivity contribution in [1.29, 1.82) is 0 Å². The number of amidine groups is 1. The van der Waals surface area contributed by atoms with Crippen LogP contribution in [0.3, 0.4) is 0 Å². The Bertz CT molecular complexity index is 976. The second kappa shape index (κ2) is 8.39. The van der Waals surface area contributed by atoms with Gasteiger partial charge in [-0.1, -0.05) is 45.7 Å².